The monoisotopic (exact) mass is 558 g/mol. The van der Waals surface area contributed by atoms with Gasteiger partial charge in [-0.1, -0.05) is 12.6 Å². The summed E-state index contributed by atoms with van der Waals surface area (Å²) in [7, 11) is -0.655. The number of hydrogen-bond acceptors (Lipinski definition) is 5. The summed E-state index contributed by atoms with van der Waals surface area (Å²) >= 11 is 0. The number of carbonyl (C=O) groups excluding carboxylic acids is 1. The van der Waals surface area contributed by atoms with Crippen LogP contribution in [0, 0.1) is 5.82 Å². The van der Waals surface area contributed by atoms with Crippen LogP contribution in [-0.4, -0.2) is 44.2 Å². The third-order valence-corrected chi connectivity index (χ3v) is 8.70. The average molecular weight is 559 g/mol. The number of fused-ring (bicyclic) bond motifs is 6. The number of aryl methyl sites for hydroxylation is 2. The molecule has 0 fully saturated rings. The molecule has 1 amide bonds. The molecule has 0 aliphatic carbocycles. The smallest absolute Gasteiger partial charge is 0.255 e. The molecule has 0 saturated carbocycles. The zero-order valence-electron chi connectivity index (χ0n) is 22.5. The molecular formula is C30H27FN4O4S. The summed E-state index contributed by atoms with van der Waals surface area (Å²) in [5, 5.41) is 3.71. The van der Waals surface area contributed by atoms with E-state index < -0.39 is 10.0 Å². The predicted molar refractivity (Wildman–Crippen MR) is 155 cm³/mol. The quantitative estimate of drug-likeness (QED) is 0.303. The third-order valence-electron chi connectivity index (χ3n) is 7.51. The molecule has 4 heterocycles. The van der Waals surface area contributed by atoms with E-state index >= 15 is 0 Å². The molecule has 0 spiro atoms. The molecule has 0 bridgehead atoms. The number of allylic oxidation sites excluding steroid dienone is 1. The number of rotatable bonds is 5. The van der Waals surface area contributed by atoms with E-state index in [1.807, 2.05) is 18.2 Å². The molecule has 0 unspecified atom stereocenters. The van der Waals surface area contributed by atoms with Crippen molar-refractivity contribution in [3.63, 3.8) is 0 Å². The number of pyridine rings is 1. The van der Waals surface area contributed by atoms with Crippen molar-refractivity contribution in [2.45, 2.75) is 19.9 Å². The number of nitrogens with one attached hydrogen (secondary N) is 1. The van der Waals surface area contributed by atoms with Crippen LogP contribution in [0.3, 0.4) is 0 Å². The normalized spacial score (nSPS) is 12.8. The summed E-state index contributed by atoms with van der Waals surface area (Å²) < 4.78 is 49.3. The first-order valence-corrected chi connectivity index (χ1v) is 14.5. The summed E-state index contributed by atoms with van der Waals surface area (Å²) in [5.74, 6) is -0.306. The summed E-state index contributed by atoms with van der Waals surface area (Å²) in [4.78, 5) is 17.7. The van der Waals surface area contributed by atoms with Gasteiger partial charge in [0, 0.05) is 66.8 Å². The van der Waals surface area contributed by atoms with Gasteiger partial charge in [0.25, 0.3) is 5.91 Å². The van der Waals surface area contributed by atoms with E-state index in [1.54, 1.807) is 31.3 Å². The topological polar surface area (TPSA) is 97.4 Å². The number of furan rings is 1. The van der Waals surface area contributed by atoms with Gasteiger partial charge in [0.1, 0.15) is 17.2 Å². The zero-order valence-corrected chi connectivity index (χ0v) is 23.3. The van der Waals surface area contributed by atoms with Gasteiger partial charge in [-0.25, -0.2) is 12.8 Å². The Bertz CT molecular complexity index is 2010. The fourth-order valence-electron chi connectivity index (χ4n) is 5.44. The summed E-state index contributed by atoms with van der Waals surface area (Å²) in [6.45, 7) is 6.36. The van der Waals surface area contributed by atoms with Gasteiger partial charge < -0.3 is 14.3 Å². The largest absolute Gasteiger partial charge is 0.456 e. The molecule has 1 aliphatic rings. The number of carbonyl (C=O) groups is 1. The number of anilines is 1. The van der Waals surface area contributed by atoms with E-state index in [2.05, 4.69) is 16.5 Å². The predicted octanol–water partition coefficient (Wildman–Crippen LogP) is 5.60. The van der Waals surface area contributed by atoms with Gasteiger partial charge in [-0.05, 0) is 42.8 Å². The number of aromatic nitrogens is 2. The van der Waals surface area contributed by atoms with Crippen molar-refractivity contribution in [1.29, 1.82) is 0 Å². The highest BCUT2D eigenvalue weighted by molar-refractivity contribution is 7.92. The molecule has 0 atom stereocenters. The van der Waals surface area contributed by atoms with Crippen LogP contribution >= 0.6 is 0 Å². The van der Waals surface area contributed by atoms with Gasteiger partial charge in [-0.15, -0.1) is 0 Å². The first-order valence-electron chi connectivity index (χ1n) is 12.7. The molecule has 3 aromatic heterocycles. The molecule has 40 heavy (non-hydrogen) atoms. The highest BCUT2D eigenvalue weighted by Crippen LogP contribution is 2.42. The van der Waals surface area contributed by atoms with Crippen molar-refractivity contribution in [3.05, 3.63) is 78.1 Å². The number of benzene rings is 2. The second-order valence-corrected chi connectivity index (χ2v) is 12.1. The summed E-state index contributed by atoms with van der Waals surface area (Å²) in [6.07, 6.45) is 3.50. The highest BCUT2D eigenvalue weighted by atomic mass is 32.2. The van der Waals surface area contributed by atoms with Crippen LogP contribution in [0.2, 0.25) is 0 Å². The maximum atomic E-state index is 14.6. The Balaban J connectivity index is 1.64. The molecule has 1 aliphatic heterocycles. The van der Waals surface area contributed by atoms with Crippen LogP contribution in [0.15, 0.2) is 59.7 Å². The van der Waals surface area contributed by atoms with Crippen LogP contribution < -0.4 is 9.62 Å². The van der Waals surface area contributed by atoms with Gasteiger partial charge in [-0.3, -0.25) is 14.1 Å². The van der Waals surface area contributed by atoms with Gasteiger partial charge in [0.15, 0.2) is 0 Å². The van der Waals surface area contributed by atoms with Gasteiger partial charge in [-0.2, -0.15) is 0 Å². The molecule has 8 nitrogen and oxygen atoms in total. The van der Waals surface area contributed by atoms with E-state index in [0.717, 1.165) is 28.7 Å². The van der Waals surface area contributed by atoms with E-state index in [1.165, 1.54) is 24.5 Å². The van der Waals surface area contributed by atoms with Crippen LogP contribution in [0.1, 0.15) is 28.7 Å². The van der Waals surface area contributed by atoms with Gasteiger partial charge >= 0.3 is 0 Å². The lowest BCUT2D eigenvalue weighted by atomic mass is 9.96. The first-order chi connectivity index (χ1) is 19.0. The van der Waals surface area contributed by atoms with Crippen molar-refractivity contribution in [3.8, 4) is 22.4 Å². The minimum Gasteiger partial charge on any atom is -0.456 e. The van der Waals surface area contributed by atoms with E-state index in [0.29, 0.717) is 63.0 Å². The van der Waals surface area contributed by atoms with Crippen LogP contribution in [-0.2, 0) is 23.0 Å². The maximum Gasteiger partial charge on any atom is 0.255 e. The van der Waals surface area contributed by atoms with Crippen molar-refractivity contribution >= 4 is 49.1 Å². The van der Waals surface area contributed by atoms with Gasteiger partial charge in [0.05, 0.1) is 34.4 Å². The molecular weight excluding hydrogens is 531 g/mol. The lowest BCUT2D eigenvalue weighted by molar-refractivity contribution is 0.0963. The minimum absolute atomic E-state index is 0.289. The fourth-order valence-corrected chi connectivity index (χ4v) is 5.95. The zero-order chi connectivity index (χ0) is 28.5. The average Bonchev–Trinajstić information content (AvgIpc) is 3.50. The molecule has 0 saturated heterocycles. The molecule has 5 aromatic rings. The Hall–Kier alpha value is -4.44. The second kappa shape index (κ2) is 9.06. The molecule has 10 heteroatoms. The molecule has 204 valence electrons. The SMILES string of the molecule is C=C(C)c1oc2cc(N(C)S(C)(=O)=O)c(-c3cnc4c(c3)-c3cc5c(F)cccc5n3CC4)cc2c1C(=O)NC. The second-order valence-electron chi connectivity index (χ2n) is 10.1. The maximum absolute atomic E-state index is 14.6. The third kappa shape index (κ3) is 3.90. The number of sulfonamides is 1. The Kier molecular flexibility index (Phi) is 5.85. The number of amides is 1. The highest BCUT2D eigenvalue weighted by Gasteiger charge is 2.27. The molecule has 6 rings (SSSR count). The summed E-state index contributed by atoms with van der Waals surface area (Å²) in [5.41, 5.74) is 6.16. The molecule has 2 aromatic carbocycles. The Morgan fingerprint density at radius 2 is 1.95 bits per heavy atom. The van der Waals surface area contributed by atoms with Crippen LogP contribution in [0.5, 0.6) is 0 Å². The lowest BCUT2D eigenvalue weighted by Crippen LogP contribution is -2.25. The first kappa shape index (κ1) is 25.8. The Labute approximate surface area is 230 Å². The number of nitrogens with zero attached hydrogens (tertiary/aromatic N) is 3. The van der Waals surface area contributed by atoms with Crippen molar-refractivity contribution in [2.24, 2.45) is 0 Å². The molecule has 0 radical (unpaired) electrons. The summed E-state index contributed by atoms with van der Waals surface area (Å²) in [6, 6.07) is 12.2. The Morgan fingerprint density at radius 3 is 2.65 bits per heavy atom. The number of hydrogen-bond donors (Lipinski definition) is 1. The van der Waals surface area contributed by atoms with Crippen molar-refractivity contribution in [1.82, 2.24) is 14.9 Å². The van der Waals surface area contributed by atoms with Crippen LogP contribution in [0.4, 0.5) is 10.1 Å². The van der Waals surface area contributed by atoms with Crippen molar-refractivity contribution in [2.75, 3.05) is 24.7 Å². The van der Waals surface area contributed by atoms with E-state index in [9.17, 15) is 17.6 Å². The van der Waals surface area contributed by atoms with Crippen molar-refractivity contribution < 1.29 is 22.0 Å². The van der Waals surface area contributed by atoms with E-state index in [-0.39, 0.29) is 11.7 Å². The van der Waals surface area contributed by atoms with Gasteiger partial charge in [0.2, 0.25) is 10.0 Å². The lowest BCUT2D eigenvalue weighted by Gasteiger charge is -2.23. The van der Waals surface area contributed by atoms with E-state index in [4.69, 9.17) is 9.40 Å². The Morgan fingerprint density at radius 1 is 1.18 bits per heavy atom. The van der Waals surface area contributed by atoms with Crippen LogP contribution in [0.25, 0.3) is 49.8 Å². The molecule has 1 N–H and O–H groups in total. The number of halogens is 1. The fraction of sp³-hybridized carbons (Fsp3) is 0.200. The standard InChI is InChI=1S/C30H27FN4O4S/c1-16(2)29-28(30(36)32-3)21-12-18(25(14-27(21)39-29)34(4)40(5,37)38)17-11-20-23(33-15-17)9-10-35-24-8-6-7-22(31)19(24)13-26(20)35/h6-8,11-15H,1,9-10H2,2-5H3,(H,32,36). The minimum atomic E-state index is -3.66.